The number of hydrogen-bond donors (Lipinski definition) is 1. The van der Waals surface area contributed by atoms with Crippen LogP contribution in [0.15, 0.2) is 16.6 Å². The highest BCUT2D eigenvalue weighted by molar-refractivity contribution is 9.10. The van der Waals surface area contributed by atoms with Crippen LogP contribution in [-0.2, 0) is 11.0 Å². The predicted octanol–water partition coefficient (Wildman–Crippen LogP) is 3.58. The number of carbonyl (C=O) groups is 1. The molecule has 1 unspecified atom stereocenters. The first-order valence-corrected chi connectivity index (χ1v) is 6.48. The van der Waals surface area contributed by atoms with Crippen LogP contribution in [-0.4, -0.2) is 28.8 Å². The Morgan fingerprint density at radius 2 is 2.05 bits per heavy atom. The van der Waals surface area contributed by atoms with E-state index in [-0.39, 0.29) is 9.37 Å². The number of nitro groups is 1. The number of alkyl halides is 4. The van der Waals surface area contributed by atoms with Gasteiger partial charge in [0.25, 0.3) is 12.0 Å². The number of rotatable bonds is 5. The third-order valence-electron chi connectivity index (χ3n) is 2.66. The van der Waals surface area contributed by atoms with Crippen molar-refractivity contribution in [1.29, 1.82) is 0 Å². The van der Waals surface area contributed by atoms with Crippen LogP contribution in [0.2, 0.25) is 0 Å². The fourth-order valence-corrected chi connectivity index (χ4v) is 2.25. The van der Waals surface area contributed by atoms with Gasteiger partial charge in [-0.25, -0.2) is 9.18 Å². The van der Waals surface area contributed by atoms with Crippen molar-refractivity contribution < 1.29 is 32.4 Å². The molecule has 0 fully saturated rings. The van der Waals surface area contributed by atoms with E-state index >= 15 is 0 Å². The van der Waals surface area contributed by atoms with E-state index in [0.29, 0.717) is 6.07 Å². The number of hydrogen-bond acceptors (Lipinski definition) is 4. The summed E-state index contributed by atoms with van der Waals surface area (Å²) in [5.41, 5.74) is -3.68. The number of nitrogens with zero attached hydrogens (tertiary/aromatic N) is 2. The van der Waals surface area contributed by atoms with Crippen molar-refractivity contribution in [2.24, 2.45) is 0 Å². The van der Waals surface area contributed by atoms with Gasteiger partial charge < -0.3 is 10.0 Å². The van der Waals surface area contributed by atoms with Gasteiger partial charge in [-0.05, 0) is 13.0 Å². The van der Waals surface area contributed by atoms with Crippen LogP contribution < -0.4 is 4.90 Å². The van der Waals surface area contributed by atoms with Crippen LogP contribution >= 0.6 is 15.9 Å². The number of carboxylic acid groups (broad SMARTS) is 1. The minimum atomic E-state index is -5.03. The molecule has 1 rings (SSSR count). The number of nitro benzene ring substituents is 1. The largest absolute Gasteiger partial charge is 0.478 e. The Balaban J connectivity index is 3.74. The smallest absolute Gasteiger partial charge is 0.418 e. The Hall–Kier alpha value is -1.91. The summed E-state index contributed by atoms with van der Waals surface area (Å²) in [5, 5.41) is 19.6. The second-order valence-corrected chi connectivity index (χ2v) is 4.95. The van der Waals surface area contributed by atoms with Gasteiger partial charge in [0.05, 0.1) is 10.5 Å². The molecule has 0 aliphatic carbocycles. The first kappa shape index (κ1) is 18.1. The van der Waals surface area contributed by atoms with Gasteiger partial charge in [-0.2, -0.15) is 13.2 Å². The van der Waals surface area contributed by atoms with Crippen LogP contribution in [0, 0.1) is 10.1 Å². The van der Waals surface area contributed by atoms with E-state index in [1.807, 2.05) is 0 Å². The summed E-state index contributed by atoms with van der Waals surface area (Å²) in [6, 6.07) is 1.28. The molecule has 1 atom stereocenters. The Bertz CT molecular complexity index is 608. The SMILES string of the molecule is CCN(c1c([N+](=O)[O-])cc(Br)cc1C(F)(F)F)C(F)C(=O)O. The van der Waals surface area contributed by atoms with E-state index in [4.69, 9.17) is 5.11 Å². The summed E-state index contributed by atoms with van der Waals surface area (Å²) < 4.78 is 52.8. The summed E-state index contributed by atoms with van der Waals surface area (Å²) in [6.45, 7) is 0.667. The Labute approximate surface area is 129 Å². The molecular formula is C11H9BrF4N2O4. The van der Waals surface area contributed by atoms with E-state index in [1.54, 1.807) is 0 Å². The monoisotopic (exact) mass is 388 g/mol. The van der Waals surface area contributed by atoms with Gasteiger partial charge >= 0.3 is 12.1 Å². The van der Waals surface area contributed by atoms with Gasteiger partial charge in [0, 0.05) is 17.1 Å². The molecular weight excluding hydrogens is 380 g/mol. The number of benzene rings is 1. The Morgan fingerprint density at radius 3 is 2.41 bits per heavy atom. The molecule has 0 saturated heterocycles. The van der Waals surface area contributed by atoms with Crippen molar-refractivity contribution in [2.45, 2.75) is 19.4 Å². The van der Waals surface area contributed by atoms with Gasteiger partial charge in [-0.1, -0.05) is 15.9 Å². The second kappa shape index (κ2) is 6.46. The maximum absolute atomic E-state index is 13.7. The Kier molecular flexibility index (Phi) is 5.33. The predicted molar refractivity (Wildman–Crippen MR) is 71.4 cm³/mol. The molecule has 1 N–H and O–H groups in total. The highest BCUT2D eigenvalue weighted by Crippen LogP contribution is 2.44. The topological polar surface area (TPSA) is 83.7 Å². The van der Waals surface area contributed by atoms with E-state index in [9.17, 15) is 32.5 Å². The molecule has 1 aromatic rings. The fraction of sp³-hybridized carbons (Fsp3) is 0.364. The van der Waals surface area contributed by atoms with Crippen LogP contribution in [0.25, 0.3) is 0 Å². The summed E-state index contributed by atoms with van der Waals surface area (Å²) in [5.74, 6) is -2.05. The molecule has 0 spiro atoms. The molecule has 11 heteroatoms. The maximum Gasteiger partial charge on any atom is 0.418 e. The molecule has 0 bridgehead atoms. The minimum Gasteiger partial charge on any atom is -0.478 e. The van der Waals surface area contributed by atoms with E-state index in [0.717, 1.165) is 6.07 Å². The number of anilines is 1. The first-order chi connectivity index (χ1) is 10.0. The molecule has 0 amide bonds. The number of halogens is 5. The number of aliphatic carboxylic acids is 1. The zero-order valence-electron chi connectivity index (χ0n) is 10.9. The lowest BCUT2D eigenvalue weighted by atomic mass is 10.1. The van der Waals surface area contributed by atoms with Gasteiger partial charge in [-0.3, -0.25) is 10.1 Å². The van der Waals surface area contributed by atoms with Crippen molar-refractivity contribution in [2.75, 3.05) is 11.4 Å². The summed E-state index contributed by atoms with van der Waals surface area (Å²) in [6.07, 6.45) is -7.89. The number of carboxylic acids is 1. The maximum atomic E-state index is 13.7. The molecule has 122 valence electrons. The standard InChI is InChI=1S/C11H9BrF4N2O4/c1-2-17(9(13)10(19)20)8-6(11(14,15)16)3-5(12)4-7(8)18(21)22/h3-4,9H,2H2,1H3,(H,19,20). The molecule has 0 heterocycles. The fourth-order valence-electron chi connectivity index (χ4n) is 1.81. The zero-order chi connectivity index (χ0) is 17.2. The van der Waals surface area contributed by atoms with Crippen LogP contribution in [0.4, 0.5) is 28.9 Å². The van der Waals surface area contributed by atoms with Crippen molar-refractivity contribution >= 4 is 33.3 Å². The van der Waals surface area contributed by atoms with Gasteiger partial charge in [-0.15, -0.1) is 0 Å². The minimum absolute atomic E-state index is 0.176. The van der Waals surface area contributed by atoms with Crippen molar-refractivity contribution in [3.63, 3.8) is 0 Å². The zero-order valence-corrected chi connectivity index (χ0v) is 12.5. The molecule has 0 aromatic heterocycles. The van der Waals surface area contributed by atoms with Gasteiger partial charge in [0.1, 0.15) is 5.69 Å². The van der Waals surface area contributed by atoms with Crippen LogP contribution in [0.5, 0.6) is 0 Å². The molecule has 0 aliphatic rings. The second-order valence-electron chi connectivity index (χ2n) is 4.04. The van der Waals surface area contributed by atoms with Gasteiger partial charge in [0.2, 0.25) is 0 Å². The lowest BCUT2D eigenvalue weighted by Gasteiger charge is -2.27. The highest BCUT2D eigenvalue weighted by Gasteiger charge is 2.41. The van der Waals surface area contributed by atoms with Crippen molar-refractivity contribution in [3.05, 3.63) is 32.3 Å². The van der Waals surface area contributed by atoms with E-state index in [2.05, 4.69) is 15.9 Å². The van der Waals surface area contributed by atoms with Crippen molar-refractivity contribution in [1.82, 2.24) is 0 Å². The lowest BCUT2D eigenvalue weighted by molar-refractivity contribution is -0.384. The van der Waals surface area contributed by atoms with Gasteiger partial charge in [0.15, 0.2) is 0 Å². The summed E-state index contributed by atoms with van der Waals surface area (Å²) >= 11 is 2.71. The van der Waals surface area contributed by atoms with Crippen molar-refractivity contribution in [3.8, 4) is 0 Å². The quantitative estimate of drug-likeness (QED) is 0.360. The third-order valence-corrected chi connectivity index (χ3v) is 3.12. The molecule has 22 heavy (non-hydrogen) atoms. The lowest BCUT2D eigenvalue weighted by Crippen LogP contribution is -2.39. The highest BCUT2D eigenvalue weighted by atomic mass is 79.9. The first-order valence-electron chi connectivity index (χ1n) is 5.69. The van der Waals surface area contributed by atoms with E-state index in [1.165, 1.54) is 6.92 Å². The van der Waals surface area contributed by atoms with Crippen LogP contribution in [0.1, 0.15) is 12.5 Å². The molecule has 0 radical (unpaired) electrons. The third kappa shape index (κ3) is 3.64. The normalized spacial score (nSPS) is 12.8. The molecule has 1 aromatic carbocycles. The number of likely N-dealkylation sites (N-methyl/N-ethyl adjacent to an activating group) is 1. The summed E-state index contributed by atoms with van der Waals surface area (Å²) in [7, 11) is 0. The molecule has 6 nitrogen and oxygen atoms in total. The molecule has 0 aliphatic heterocycles. The average molecular weight is 389 g/mol. The average Bonchev–Trinajstić information content (AvgIpc) is 2.38. The Morgan fingerprint density at radius 1 is 1.50 bits per heavy atom. The van der Waals surface area contributed by atoms with Crippen LogP contribution in [0.3, 0.4) is 0 Å². The summed E-state index contributed by atoms with van der Waals surface area (Å²) in [4.78, 5) is 20.7. The molecule has 0 saturated carbocycles. The van der Waals surface area contributed by atoms with E-state index < -0.39 is 46.8 Å².